The normalized spacial score (nSPS) is 11.4. The van der Waals surface area contributed by atoms with Crippen LogP contribution in [0.15, 0.2) is 0 Å². The van der Waals surface area contributed by atoms with E-state index in [1.165, 1.54) is 0 Å². The van der Waals surface area contributed by atoms with Crippen LogP contribution in [-0.2, 0) is 4.79 Å². The van der Waals surface area contributed by atoms with Crippen molar-refractivity contribution in [2.45, 2.75) is 27.2 Å². The molecule has 0 aliphatic rings. The van der Waals surface area contributed by atoms with E-state index in [1.807, 2.05) is 6.92 Å². The molecule has 3 N–H and O–H groups in total. The zero-order valence-electron chi connectivity index (χ0n) is 11.1. The van der Waals surface area contributed by atoms with Crippen LogP contribution >= 0.6 is 24.8 Å². The molecule has 6 heteroatoms. The van der Waals surface area contributed by atoms with Gasteiger partial charge in [0.25, 0.3) is 0 Å². The quantitative estimate of drug-likeness (QED) is 0.707. The molecule has 4 nitrogen and oxygen atoms in total. The van der Waals surface area contributed by atoms with Gasteiger partial charge in [-0.15, -0.1) is 24.8 Å². The van der Waals surface area contributed by atoms with Crippen molar-refractivity contribution in [2.75, 3.05) is 32.7 Å². The minimum atomic E-state index is -0.0775. The van der Waals surface area contributed by atoms with Gasteiger partial charge in [0.2, 0.25) is 5.91 Å². The molecule has 0 bridgehead atoms. The van der Waals surface area contributed by atoms with Crippen LogP contribution in [0.5, 0.6) is 0 Å². The Balaban J connectivity index is -0.000000980. The summed E-state index contributed by atoms with van der Waals surface area (Å²) in [6, 6.07) is 0. The van der Waals surface area contributed by atoms with Gasteiger partial charge in [-0.2, -0.15) is 0 Å². The fourth-order valence-corrected chi connectivity index (χ4v) is 1.36. The molecule has 0 fully saturated rings. The van der Waals surface area contributed by atoms with Crippen molar-refractivity contribution in [3.8, 4) is 0 Å². The number of hydrogen-bond acceptors (Lipinski definition) is 3. The van der Waals surface area contributed by atoms with E-state index >= 15 is 0 Å². The van der Waals surface area contributed by atoms with Crippen LogP contribution in [0.2, 0.25) is 0 Å². The lowest BCUT2D eigenvalue weighted by molar-refractivity contribution is -0.124. The molecule has 1 unspecified atom stereocenters. The first-order valence-corrected chi connectivity index (χ1v) is 5.85. The lowest BCUT2D eigenvalue weighted by Gasteiger charge is -2.20. The molecule has 0 aromatic rings. The van der Waals surface area contributed by atoms with E-state index in [0.29, 0.717) is 6.54 Å². The van der Waals surface area contributed by atoms with Crippen molar-refractivity contribution in [1.82, 2.24) is 10.2 Å². The Morgan fingerprint density at radius 3 is 2.29 bits per heavy atom. The Kier molecular flexibility index (Phi) is 18.3. The van der Waals surface area contributed by atoms with E-state index in [4.69, 9.17) is 5.73 Å². The van der Waals surface area contributed by atoms with Crippen molar-refractivity contribution in [3.63, 3.8) is 0 Å². The van der Waals surface area contributed by atoms with E-state index in [-0.39, 0.29) is 36.6 Å². The van der Waals surface area contributed by atoms with Gasteiger partial charge in [0, 0.05) is 25.6 Å². The minimum Gasteiger partial charge on any atom is -0.355 e. The summed E-state index contributed by atoms with van der Waals surface area (Å²) in [5.41, 5.74) is 5.41. The number of nitrogens with zero attached hydrogens (tertiary/aromatic N) is 1. The Morgan fingerprint density at radius 1 is 1.29 bits per heavy atom. The van der Waals surface area contributed by atoms with E-state index in [2.05, 4.69) is 24.1 Å². The number of carbonyl (C=O) groups excluding carboxylic acids is 1. The van der Waals surface area contributed by atoms with Crippen molar-refractivity contribution >= 4 is 30.7 Å². The largest absolute Gasteiger partial charge is 0.355 e. The van der Waals surface area contributed by atoms with Gasteiger partial charge in [-0.3, -0.25) is 4.79 Å². The van der Waals surface area contributed by atoms with Crippen LogP contribution in [0.3, 0.4) is 0 Å². The number of amides is 1. The molecule has 0 saturated carbocycles. The average molecular weight is 288 g/mol. The molecule has 0 saturated heterocycles. The molecule has 17 heavy (non-hydrogen) atoms. The highest BCUT2D eigenvalue weighted by Gasteiger charge is 2.09. The Bertz CT molecular complexity index is 182. The molecule has 1 atom stereocenters. The van der Waals surface area contributed by atoms with E-state index < -0.39 is 0 Å². The van der Waals surface area contributed by atoms with Gasteiger partial charge in [-0.05, 0) is 19.5 Å². The summed E-state index contributed by atoms with van der Waals surface area (Å²) in [6.07, 6.45) is 1.15. The summed E-state index contributed by atoms with van der Waals surface area (Å²) in [6.45, 7) is 10.3. The number of nitrogens with two attached hydrogens (primary N) is 1. The molecule has 0 radical (unpaired) electrons. The summed E-state index contributed by atoms with van der Waals surface area (Å²) in [4.78, 5) is 13.7. The van der Waals surface area contributed by atoms with Gasteiger partial charge >= 0.3 is 0 Å². The van der Waals surface area contributed by atoms with E-state index in [1.54, 1.807) is 0 Å². The van der Waals surface area contributed by atoms with Crippen molar-refractivity contribution < 1.29 is 4.79 Å². The fraction of sp³-hybridized carbons (Fsp3) is 0.909. The number of nitrogens with one attached hydrogen (secondary N) is 1. The minimum absolute atomic E-state index is 0. The second kappa shape index (κ2) is 14.0. The van der Waals surface area contributed by atoms with Gasteiger partial charge in [-0.25, -0.2) is 0 Å². The molecule has 0 aromatic heterocycles. The van der Waals surface area contributed by atoms with Gasteiger partial charge in [-0.1, -0.05) is 20.8 Å². The molecule has 106 valence electrons. The standard InChI is InChI=1S/C11H25N3O.2ClH/c1-4-7-14(5-2)8-6-13-11(15)10(3)9-12;;/h10H,4-9,12H2,1-3H3,(H,13,15);2*1H. The summed E-state index contributed by atoms with van der Waals surface area (Å²) in [7, 11) is 0. The summed E-state index contributed by atoms with van der Waals surface area (Å²) >= 11 is 0. The second-order valence-electron chi connectivity index (χ2n) is 3.86. The highest BCUT2D eigenvalue weighted by atomic mass is 35.5. The first-order chi connectivity index (χ1) is 7.15. The lowest BCUT2D eigenvalue weighted by Crippen LogP contribution is -2.39. The zero-order chi connectivity index (χ0) is 11.7. The average Bonchev–Trinajstić information content (AvgIpc) is 2.26. The molecule has 0 aliphatic carbocycles. The van der Waals surface area contributed by atoms with Crippen molar-refractivity contribution in [2.24, 2.45) is 11.7 Å². The highest BCUT2D eigenvalue weighted by Crippen LogP contribution is 1.92. The SMILES string of the molecule is CCCN(CC)CCNC(=O)C(C)CN.Cl.Cl. The molecular weight excluding hydrogens is 261 g/mol. The Labute approximate surface area is 118 Å². The van der Waals surface area contributed by atoms with Crippen molar-refractivity contribution in [3.05, 3.63) is 0 Å². The van der Waals surface area contributed by atoms with Crippen molar-refractivity contribution in [1.29, 1.82) is 0 Å². The van der Waals surface area contributed by atoms with Crippen LogP contribution in [0.25, 0.3) is 0 Å². The maximum absolute atomic E-state index is 11.4. The smallest absolute Gasteiger partial charge is 0.224 e. The predicted octanol–water partition coefficient (Wildman–Crippen LogP) is 1.27. The second-order valence-corrected chi connectivity index (χ2v) is 3.86. The summed E-state index contributed by atoms with van der Waals surface area (Å²) < 4.78 is 0. The third kappa shape index (κ3) is 10.8. The van der Waals surface area contributed by atoms with E-state index in [0.717, 1.165) is 32.6 Å². The van der Waals surface area contributed by atoms with Crippen LogP contribution in [0.4, 0.5) is 0 Å². The van der Waals surface area contributed by atoms with Gasteiger partial charge in [0.1, 0.15) is 0 Å². The predicted molar refractivity (Wildman–Crippen MR) is 78.1 cm³/mol. The number of rotatable bonds is 8. The summed E-state index contributed by atoms with van der Waals surface area (Å²) in [5, 5.41) is 2.90. The topological polar surface area (TPSA) is 58.4 Å². The van der Waals surface area contributed by atoms with Crippen LogP contribution in [-0.4, -0.2) is 43.5 Å². The molecule has 0 aromatic carbocycles. The molecule has 0 spiro atoms. The fourth-order valence-electron chi connectivity index (χ4n) is 1.36. The first kappa shape index (κ1) is 22.2. The third-order valence-corrected chi connectivity index (χ3v) is 2.52. The summed E-state index contributed by atoms with van der Waals surface area (Å²) in [5.74, 6) is -0.0173. The highest BCUT2D eigenvalue weighted by molar-refractivity contribution is 5.85. The van der Waals surface area contributed by atoms with Gasteiger partial charge in [0.15, 0.2) is 0 Å². The van der Waals surface area contributed by atoms with Crippen LogP contribution < -0.4 is 11.1 Å². The number of hydrogen-bond donors (Lipinski definition) is 2. The maximum Gasteiger partial charge on any atom is 0.224 e. The molecular formula is C11H27Cl2N3O. The molecule has 0 aliphatic heterocycles. The first-order valence-electron chi connectivity index (χ1n) is 5.85. The van der Waals surface area contributed by atoms with Gasteiger partial charge < -0.3 is 16.0 Å². The third-order valence-electron chi connectivity index (χ3n) is 2.52. The number of halogens is 2. The van der Waals surface area contributed by atoms with Crippen LogP contribution in [0.1, 0.15) is 27.2 Å². The van der Waals surface area contributed by atoms with Crippen LogP contribution in [0, 0.1) is 5.92 Å². The van der Waals surface area contributed by atoms with E-state index in [9.17, 15) is 4.79 Å². The monoisotopic (exact) mass is 287 g/mol. The Hall–Kier alpha value is -0.0300. The number of likely N-dealkylation sites (N-methyl/N-ethyl adjacent to an activating group) is 1. The Morgan fingerprint density at radius 2 is 1.88 bits per heavy atom. The van der Waals surface area contributed by atoms with Gasteiger partial charge in [0.05, 0.1) is 0 Å². The maximum atomic E-state index is 11.4. The number of carbonyl (C=O) groups is 1. The molecule has 0 rings (SSSR count). The zero-order valence-corrected chi connectivity index (χ0v) is 12.7. The molecule has 1 amide bonds. The molecule has 0 heterocycles. The lowest BCUT2D eigenvalue weighted by atomic mass is 10.2.